The van der Waals surface area contributed by atoms with E-state index in [4.69, 9.17) is 10.5 Å². The molecular weight excluding hydrogens is 306 g/mol. The van der Waals surface area contributed by atoms with E-state index in [1.165, 1.54) is 44.1 Å². The second-order valence-electron chi connectivity index (χ2n) is 7.20. The molecule has 0 aliphatic heterocycles. The number of nitrogens with two attached hydrogens (primary N) is 1. The number of carbonyl (C=O) groups excluding carboxylic acids is 1. The van der Waals surface area contributed by atoms with Crippen LogP contribution in [0.2, 0.25) is 0 Å². The van der Waals surface area contributed by atoms with Crippen LogP contribution >= 0.6 is 11.8 Å². The Morgan fingerprint density at radius 2 is 1.91 bits per heavy atom. The number of unbranched alkanes of at least 4 members (excludes halogenated alkanes) is 3. The van der Waals surface area contributed by atoms with Gasteiger partial charge in [0.2, 0.25) is 0 Å². The summed E-state index contributed by atoms with van der Waals surface area (Å²) in [4.78, 5) is 11.9. The predicted molar refractivity (Wildman–Crippen MR) is 101 cm³/mol. The molecule has 0 saturated heterocycles. The molecule has 0 amide bonds. The zero-order valence-electron chi connectivity index (χ0n) is 15.5. The van der Waals surface area contributed by atoms with Crippen LogP contribution in [0.3, 0.4) is 0 Å². The number of ether oxygens (including phenoxy) is 1. The predicted octanol–water partition coefficient (Wildman–Crippen LogP) is 4.84. The van der Waals surface area contributed by atoms with Crippen molar-refractivity contribution in [1.29, 1.82) is 0 Å². The van der Waals surface area contributed by atoms with E-state index in [9.17, 15) is 4.79 Å². The third-order valence-corrected chi connectivity index (χ3v) is 6.41. The van der Waals surface area contributed by atoms with Gasteiger partial charge in [0, 0.05) is 10.5 Å². The number of thioether (sulfide) groups is 1. The molecule has 1 fully saturated rings. The molecule has 1 saturated carbocycles. The fourth-order valence-electron chi connectivity index (χ4n) is 2.89. The summed E-state index contributed by atoms with van der Waals surface area (Å²) in [5, 5.41) is 0. The van der Waals surface area contributed by atoms with Crippen LogP contribution in [0.5, 0.6) is 0 Å². The maximum atomic E-state index is 11.9. The smallest absolute Gasteiger partial charge is 0.323 e. The summed E-state index contributed by atoms with van der Waals surface area (Å²) in [5.41, 5.74) is 9.09. The van der Waals surface area contributed by atoms with E-state index in [0.717, 1.165) is 12.8 Å². The number of allylic oxidation sites excluding steroid dienone is 2. The van der Waals surface area contributed by atoms with E-state index in [0.29, 0.717) is 12.4 Å². The monoisotopic (exact) mass is 341 g/mol. The lowest BCUT2D eigenvalue weighted by Crippen LogP contribution is -2.37. The summed E-state index contributed by atoms with van der Waals surface area (Å²) in [7, 11) is 0. The van der Waals surface area contributed by atoms with Crippen molar-refractivity contribution in [2.24, 2.45) is 5.73 Å². The molecule has 23 heavy (non-hydrogen) atoms. The van der Waals surface area contributed by atoms with Crippen LogP contribution < -0.4 is 5.73 Å². The van der Waals surface area contributed by atoms with E-state index in [2.05, 4.69) is 27.7 Å². The highest BCUT2D eigenvalue weighted by Crippen LogP contribution is 2.42. The minimum atomic E-state index is -0.493. The van der Waals surface area contributed by atoms with E-state index in [1.54, 1.807) is 5.57 Å². The highest BCUT2D eigenvalue weighted by atomic mass is 32.2. The zero-order chi connectivity index (χ0) is 17.3. The first-order valence-electron chi connectivity index (χ1n) is 9.09. The maximum absolute atomic E-state index is 11.9. The van der Waals surface area contributed by atoms with Crippen LogP contribution in [0.4, 0.5) is 0 Å². The first-order valence-corrected chi connectivity index (χ1v) is 10.1. The molecule has 0 radical (unpaired) electrons. The number of hydrogen-bond acceptors (Lipinski definition) is 4. The molecule has 1 rings (SSSR count). The normalized spacial score (nSPS) is 22.7. The molecule has 2 N–H and O–H groups in total. The van der Waals surface area contributed by atoms with Gasteiger partial charge in [0.05, 0.1) is 6.61 Å². The van der Waals surface area contributed by atoms with Crippen molar-refractivity contribution in [2.45, 2.75) is 89.9 Å². The van der Waals surface area contributed by atoms with Gasteiger partial charge in [-0.05, 0) is 46.0 Å². The van der Waals surface area contributed by atoms with Gasteiger partial charge in [-0.3, -0.25) is 4.79 Å². The molecule has 0 unspecified atom stereocenters. The number of esters is 1. The molecule has 134 valence electrons. The summed E-state index contributed by atoms with van der Waals surface area (Å²) in [6, 6.07) is -0.493. The van der Waals surface area contributed by atoms with Crippen LogP contribution in [-0.4, -0.2) is 29.1 Å². The van der Waals surface area contributed by atoms with Crippen molar-refractivity contribution in [3.8, 4) is 0 Å². The van der Waals surface area contributed by atoms with Crippen molar-refractivity contribution >= 4 is 17.7 Å². The fourth-order valence-corrected chi connectivity index (χ4v) is 4.10. The molecule has 0 spiro atoms. The molecule has 0 aromatic carbocycles. The van der Waals surface area contributed by atoms with Gasteiger partial charge in [-0.25, -0.2) is 0 Å². The third-order valence-electron chi connectivity index (χ3n) is 4.77. The van der Waals surface area contributed by atoms with E-state index in [1.807, 2.05) is 11.8 Å². The molecule has 0 bridgehead atoms. The van der Waals surface area contributed by atoms with E-state index in [-0.39, 0.29) is 10.7 Å². The van der Waals surface area contributed by atoms with E-state index < -0.39 is 6.04 Å². The Bertz CT molecular complexity index is 392. The van der Waals surface area contributed by atoms with Crippen molar-refractivity contribution in [3.05, 3.63) is 11.1 Å². The Balaban J connectivity index is 2.25. The molecule has 1 aliphatic rings. The Morgan fingerprint density at radius 3 is 2.48 bits per heavy atom. The second-order valence-corrected chi connectivity index (χ2v) is 8.81. The van der Waals surface area contributed by atoms with Gasteiger partial charge in [0.1, 0.15) is 6.04 Å². The van der Waals surface area contributed by atoms with Crippen molar-refractivity contribution < 1.29 is 9.53 Å². The molecule has 1 atom stereocenters. The lowest BCUT2D eigenvalue weighted by molar-refractivity contribution is -0.144. The summed E-state index contributed by atoms with van der Waals surface area (Å²) < 4.78 is 5.53. The molecule has 0 aromatic rings. The molecule has 4 heteroatoms. The van der Waals surface area contributed by atoms with Crippen molar-refractivity contribution in [3.63, 3.8) is 0 Å². The van der Waals surface area contributed by atoms with Crippen LogP contribution in [0.1, 0.15) is 79.1 Å². The zero-order valence-corrected chi connectivity index (χ0v) is 16.3. The topological polar surface area (TPSA) is 52.3 Å². The minimum absolute atomic E-state index is 0.238. The SMILES string of the molecule is CCCCCCOC(=O)[C@@H](N)CSC1(C)CCC(=C(C)C)CC1. The number of hydrogen-bond donors (Lipinski definition) is 1. The quantitative estimate of drug-likeness (QED) is 0.370. The lowest BCUT2D eigenvalue weighted by atomic mass is 9.84. The summed E-state index contributed by atoms with van der Waals surface area (Å²) in [6.45, 7) is 9.40. The van der Waals surface area contributed by atoms with Gasteiger partial charge in [0.15, 0.2) is 0 Å². The first-order chi connectivity index (χ1) is 10.9. The Kier molecular flexibility index (Phi) is 9.30. The molecule has 0 heterocycles. The molecular formula is C19H35NO2S. The largest absolute Gasteiger partial charge is 0.465 e. The number of rotatable bonds is 9. The van der Waals surface area contributed by atoms with Gasteiger partial charge in [-0.2, -0.15) is 11.8 Å². The van der Waals surface area contributed by atoms with Crippen LogP contribution in [0.25, 0.3) is 0 Å². The Hall–Kier alpha value is -0.480. The van der Waals surface area contributed by atoms with Crippen LogP contribution in [-0.2, 0) is 9.53 Å². The van der Waals surface area contributed by atoms with Gasteiger partial charge in [0.25, 0.3) is 0 Å². The lowest BCUT2D eigenvalue weighted by Gasteiger charge is -2.35. The van der Waals surface area contributed by atoms with E-state index >= 15 is 0 Å². The van der Waals surface area contributed by atoms with Gasteiger partial charge >= 0.3 is 5.97 Å². The highest BCUT2D eigenvalue weighted by Gasteiger charge is 2.31. The van der Waals surface area contributed by atoms with Crippen LogP contribution in [0, 0.1) is 0 Å². The Labute approximate surface area is 146 Å². The maximum Gasteiger partial charge on any atom is 0.323 e. The molecule has 3 nitrogen and oxygen atoms in total. The Morgan fingerprint density at radius 1 is 1.26 bits per heavy atom. The van der Waals surface area contributed by atoms with Gasteiger partial charge in [-0.15, -0.1) is 0 Å². The van der Waals surface area contributed by atoms with Gasteiger partial charge in [-0.1, -0.05) is 44.3 Å². The first kappa shape index (κ1) is 20.6. The summed E-state index contributed by atoms with van der Waals surface area (Å²) in [6.07, 6.45) is 9.18. The fraction of sp³-hybridized carbons (Fsp3) is 0.842. The summed E-state index contributed by atoms with van der Waals surface area (Å²) >= 11 is 1.85. The molecule has 1 aliphatic carbocycles. The second kappa shape index (κ2) is 10.4. The summed E-state index contributed by atoms with van der Waals surface area (Å²) in [5.74, 6) is 0.424. The minimum Gasteiger partial charge on any atom is -0.465 e. The average Bonchev–Trinajstić information content (AvgIpc) is 2.52. The number of carbonyl (C=O) groups is 1. The highest BCUT2D eigenvalue weighted by molar-refractivity contribution is 8.00. The van der Waals surface area contributed by atoms with Crippen LogP contribution in [0.15, 0.2) is 11.1 Å². The molecule has 0 aromatic heterocycles. The standard InChI is InChI=1S/C19H35NO2S/c1-5-6-7-8-13-22-18(21)17(20)14-23-19(4)11-9-16(10-12-19)15(2)3/h17H,5-14,20H2,1-4H3/t17-/m0/s1. The van der Waals surface area contributed by atoms with Crippen molar-refractivity contribution in [1.82, 2.24) is 0 Å². The third kappa shape index (κ3) is 7.75. The van der Waals surface area contributed by atoms with Crippen molar-refractivity contribution in [2.75, 3.05) is 12.4 Å². The van der Waals surface area contributed by atoms with Gasteiger partial charge < -0.3 is 10.5 Å². The average molecular weight is 342 g/mol.